The van der Waals surface area contributed by atoms with Crippen molar-refractivity contribution in [2.24, 2.45) is 4.99 Å². The Hall–Kier alpha value is -0.880. The third-order valence-corrected chi connectivity index (χ3v) is 0.604. The van der Waals surface area contributed by atoms with Gasteiger partial charge >= 0.3 is 0 Å². The lowest BCUT2D eigenvalue weighted by Gasteiger charge is -2.09. The summed E-state index contributed by atoms with van der Waals surface area (Å²) in [4.78, 5) is 13.6. The van der Waals surface area contributed by atoms with Gasteiger partial charge in [-0.15, -0.1) is 0 Å². The molecule has 9 heavy (non-hydrogen) atoms. The minimum absolute atomic E-state index is 0.0899. The first-order chi connectivity index (χ1) is 4.06. The summed E-state index contributed by atoms with van der Waals surface area (Å²) < 4.78 is 0. The van der Waals surface area contributed by atoms with Crippen molar-refractivity contribution in [3.63, 3.8) is 0 Å². The highest BCUT2D eigenvalue weighted by molar-refractivity contribution is 5.81. The molecule has 0 aliphatic rings. The lowest BCUT2D eigenvalue weighted by Crippen LogP contribution is -2.08. The lowest BCUT2D eigenvalue weighted by molar-refractivity contribution is 0.569. The molecule has 0 saturated carbocycles. The van der Waals surface area contributed by atoms with E-state index < -0.39 is 0 Å². The number of hydrogen-bond acceptors (Lipinski definition) is 2. The van der Waals surface area contributed by atoms with Crippen LogP contribution in [0.3, 0.4) is 0 Å². The fourth-order valence-electron chi connectivity index (χ4n) is 0.291. The predicted molar refractivity (Wildman–Crippen MR) is 38.5 cm³/mol. The van der Waals surface area contributed by atoms with Crippen LogP contribution in [0.5, 0.6) is 0 Å². The van der Waals surface area contributed by atoms with Crippen molar-refractivity contribution in [2.45, 2.75) is 26.3 Å². The Balaban J connectivity index is 3.85. The molecule has 0 aromatic heterocycles. The van der Waals surface area contributed by atoms with Gasteiger partial charge in [0.2, 0.25) is 0 Å². The number of rotatable bonds is 1. The predicted octanol–water partition coefficient (Wildman–Crippen LogP) is 1.24. The van der Waals surface area contributed by atoms with Crippen molar-refractivity contribution in [1.82, 2.24) is 0 Å². The van der Waals surface area contributed by atoms with Gasteiger partial charge < -0.3 is 0 Å². The van der Waals surface area contributed by atoms with E-state index in [1.165, 1.54) is 12.3 Å². The molecule has 0 aromatic carbocycles. The van der Waals surface area contributed by atoms with Gasteiger partial charge in [-0.05, 0) is 20.8 Å². The maximum absolute atomic E-state index is 9.62. The zero-order valence-corrected chi connectivity index (χ0v) is 6.01. The van der Waals surface area contributed by atoms with E-state index in [-0.39, 0.29) is 5.54 Å². The number of carbonyl (C=O) groups excluding carboxylic acids is 1. The Kier molecular flexibility index (Phi) is 2.89. The number of hydrogen-bond donors (Lipinski definition) is 0. The molecule has 0 aromatic rings. The maximum Gasteiger partial charge on any atom is 0.126 e. The molecular weight excluding hydrogens is 114 g/mol. The molecule has 0 heterocycles. The second-order valence-electron chi connectivity index (χ2n) is 2.73. The van der Waals surface area contributed by atoms with Gasteiger partial charge in [-0.25, -0.2) is 4.79 Å². The first kappa shape index (κ1) is 8.12. The summed E-state index contributed by atoms with van der Waals surface area (Å²) in [6.45, 7) is 5.88. The Morgan fingerprint density at radius 1 is 1.44 bits per heavy atom. The molecule has 0 aliphatic heterocycles. The van der Waals surface area contributed by atoms with Crippen LogP contribution in [0, 0.1) is 0 Å². The van der Waals surface area contributed by atoms with Crippen LogP contribution in [0.15, 0.2) is 11.1 Å². The molecule has 0 unspecified atom stereocenters. The Morgan fingerprint density at radius 3 is 2.33 bits per heavy atom. The van der Waals surface area contributed by atoms with Gasteiger partial charge in [-0.3, -0.25) is 4.99 Å². The van der Waals surface area contributed by atoms with Crippen molar-refractivity contribution in [3.05, 3.63) is 6.08 Å². The minimum Gasteiger partial charge on any atom is -0.287 e. The fraction of sp³-hybridized carbons (Fsp3) is 0.571. The highest BCUT2D eigenvalue weighted by atomic mass is 16.1. The van der Waals surface area contributed by atoms with Crippen molar-refractivity contribution >= 4 is 12.2 Å². The zero-order chi connectivity index (χ0) is 7.33. The van der Waals surface area contributed by atoms with E-state index in [4.69, 9.17) is 0 Å². The Labute approximate surface area is 55.3 Å². The monoisotopic (exact) mass is 125 g/mol. The second-order valence-corrected chi connectivity index (χ2v) is 2.73. The minimum atomic E-state index is -0.0899. The number of aliphatic imine (C=N–C) groups is 1. The highest BCUT2D eigenvalue weighted by Crippen LogP contribution is 2.03. The van der Waals surface area contributed by atoms with Crippen LogP contribution in [0.1, 0.15) is 20.8 Å². The summed E-state index contributed by atoms with van der Waals surface area (Å²) >= 11 is 0. The average molecular weight is 125 g/mol. The molecule has 0 N–H and O–H groups in total. The van der Waals surface area contributed by atoms with E-state index in [9.17, 15) is 4.79 Å². The van der Waals surface area contributed by atoms with E-state index >= 15 is 0 Å². The molecule has 0 amide bonds. The summed E-state index contributed by atoms with van der Waals surface area (Å²) in [6.07, 6.45) is 2.72. The zero-order valence-electron chi connectivity index (χ0n) is 6.01. The third-order valence-electron chi connectivity index (χ3n) is 0.604. The second kappa shape index (κ2) is 3.21. The molecule has 0 atom stereocenters. The summed E-state index contributed by atoms with van der Waals surface area (Å²) in [7, 11) is 0. The first-order valence-electron chi connectivity index (χ1n) is 2.81. The molecule has 0 aliphatic carbocycles. The van der Waals surface area contributed by atoms with Crippen LogP contribution in [0.2, 0.25) is 0 Å². The SMILES string of the molecule is CC(C)(C)N=CC=C=O. The summed E-state index contributed by atoms with van der Waals surface area (Å²) in [5.41, 5.74) is -0.0899. The van der Waals surface area contributed by atoms with Gasteiger partial charge in [-0.2, -0.15) is 0 Å². The highest BCUT2D eigenvalue weighted by Gasteiger charge is 2.02. The molecule has 2 heteroatoms. The molecule has 0 rings (SSSR count). The molecule has 2 nitrogen and oxygen atoms in total. The summed E-state index contributed by atoms with van der Waals surface area (Å²) in [5, 5.41) is 0. The van der Waals surface area contributed by atoms with Gasteiger partial charge in [0.1, 0.15) is 5.94 Å². The van der Waals surface area contributed by atoms with E-state index in [1.807, 2.05) is 20.8 Å². The lowest BCUT2D eigenvalue weighted by atomic mass is 10.1. The topological polar surface area (TPSA) is 29.4 Å². The molecule has 0 fully saturated rings. The van der Waals surface area contributed by atoms with Crippen LogP contribution >= 0.6 is 0 Å². The van der Waals surface area contributed by atoms with Gasteiger partial charge in [0.25, 0.3) is 0 Å². The smallest absolute Gasteiger partial charge is 0.126 e. The third kappa shape index (κ3) is 7.12. The quantitative estimate of drug-likeness (QED) is 0.383. The van der Waals surface area contributed by atoms with Gasteiger partial charge in [0, 0.05) is 12.3 Å². The molecule has 0 radical (unpaired) electrons. The molecule has 50 valence electrons. The first-order valence-corrected chi connectivity index (χ1v) is 2.81. The van der Waals surface area contributed by atoms with Gasteiger partial charge in [0.15, 0.2) is 0 Å². The molecule has 0 spiro atoms. The van der Waals surface area contributed by atoms with E-state index in [0.717, 1.165) is 0 Å². The van der Waals surface area contributed by atoms with E-state index in [1.54, 1.807) is 5.94 Å². The van der Waals surface area contributed by atoms with Crippen LogP contribution in [0.25, 0.3) is 0 Å². The van der Waals surface area contributed by atoms with Crippen LogP contribution in [0.4, 0.5) is 0 Å². The van der Waals surface area contributed by atoms with E-state index in [0.29, 0.717) is 0 Å². The Bertz CT molecular complexity index is 147. The molecular formula is C7H11NO. The van der Waals surface area contributed by atoms with Crippen molar-refractivity contribution in [3.8, 4) is 0 Å². The normalized spacial score (nSPS) is 11.4. The van der Waals surface area contributed by atoms with Crippen LogP contribution < -0.4 is 0 Å². The number of nitrogens with zero attached hydrogens (tertiary/aromatic N) is 1. The van der Waals surface area contributed by atoms with E-state index in [2.05, 4.69) is 4.99 Å². The Morgan fingerprint density at radius 2 is 2.00 bits per heavy atom. The number of allylic oxidation sites excluding steroid dienone is 1. The van der Waals surface area contributed by atoms with Crippen LogP contribution in [-0.4, -0.2) is 17.7 Å². The maximum atomic E-state index is 9.62. The van der Waals surface area contributed by atoms with Crippen molar-refractivity contribution in [1.29, 1.82) is 0 Å². The van der Waals surface area contributed by atoms with Gasteiger partial charge in [0.05, 0.1) is 5.54 Å². The van der Waals surface area contributed by atoms with Crippen molar-refractivity contribution < 1.29 is 4.79 Å². The summed E-state index contributed by atoms with van der Waals surface area (Å²) in [5.74, 6) is 1.62. The standard InChI is InChI=1S/C7H11NO/c1-7(2,3)8-5-4-6-9/h4-5H,1-3H3. The average Bonchev–Trinajstić information content (AvgIpc) is 1.63. The van der Waals surface area contributed by atoms with Crippen molar-refractivity contribution in [2.75, 3.05) is 0 Å². The fourth-order valence-corrected chi connectivity index (χ4v) is 0.291. The molecule has 0 bridgehead atoms. The van der Waals surface area contributed by atoms with Gasteiger partial charge in [-0.1, -0.05) is 0 Å². The summed E-state index contributed by atoms with van der Waals surface area (Å²) in [6, 6.07) is 0. The molecule has 0 saturated heterocycles. The van der Waals surface area contributed by atoms with Crippen LogP contribution in [-0.2, 0) is 4.79 Å². The largest absolute Gasteiger partial charge is 0.287 e.